The highest BCUT2D eigenvalue weighted by Gasteiger charge is 2.34. The predicted molar refractivity (Wildman–Crippen MR) is 113 cm³/mol. The van der Waals surface area contributed by atoms with Crippen molar-refractivity contribution in [3.8, 4) is 11.5 Å². The minimum Gasteiger partial charge on any atom is -0.454 e. The number of anilines is 1. The monoisotopic (exact) mass is 426 g/mol. The van der Waals surface area contributed by atoms with Gasteiger partial charge in [-0.3, -0.25) is 9.59 Å². The van der Waals surface area contributed by atoms with Crippen LogP contribution in [0.5, 0.6) is 11.5 Å². The zero-order valence-electron chi connectivity index (χ0n) is 17.5. The molecule has 0 aliphatic carbocycles. The van der Waals surface area contributed by atoms with Gasteiger partial charge in [0.25, 0.3) is 5.91 Å². The zero-order chi connectivity index (χ0) is 22.0. The molecule has 2 atom stereocenters. The molecule has 0 saturated carbocycles. The van der Waals surface area contributed by atoms with Crippen molar-refractivity contribution in [2.24, 2.45) is 5.92 Å². The molecule has 8 nitrogen and oxygen atoms in total. The molecule has 4 rings (SSSR count). The van der Waals surface area contributed by atoms with Crippen LogP contribution in [0.25, 0.3) is 0 Å². The van der Waals surface area contributed by atoms with E-state index >= 15 is 0 Å². The van der Waals surface area contributed by atoms with Gasteiger partial charge in [0.1, 0.15) is 12.7 Å². The summed E-state index contributed by atoms with van der Waals surface area (Å²) in [5, 5.41) is 13.7. The number of fused-ring (bicyclic) bond motifs is 1. The summed E-state index contributed by atoms with van der Waals surface area (Å²) in [5.41, 5.74) is 1.70. The fourth-order valence-corrected chi connectivity index (χ4v) is 3.74. The number of nitrogens with one attached hydrogen (secondary N) is 1. The van der Waals surface area contributed by atoms with E-state index in [1.165, 1.54) is 0 Å². The summed E-state index contributed by atoms with van der Waals surface area (Å²) < 4.78 is 16.0. The first-order valence-electron chi connectivity index (χ1n) is 10.3. The van der Waals surface area contributed by atoms with Gasteiger partial charge >= 0.3 is 0 Å². The third-order valence-corrected chi connectivity index (χ3v) is 5.31. The second-order valence-corrected chi connectivity index (χ2v) is 8.11. The van der Waals surface area contributed by atoms with Gasteiger partial charge in [-0.1, -0.05) is 26.0 Å². The Morgan fingerprint density at radius 2 is 1.90 bits per heavy atom. The van der Waals surface area contributed by atoms with Crippen LogP contribution in [0, 0.1) is 5.92 Å². The molecule has 0 aromatic heterocycles. The number of ether oxygens (including phenoxy) is 3. The Balaban J connectivity index is 1.43. The summed E-state index contributed by atoms with van der Waals surface area (Å²) in [6.45, 7) is 5.10. The Kier molecular flexibility index (Phi) is 6.11. The Bertz CT molecular complexity index is 959. The van der Waals surface area contributed by atoms with Crippen LogP contribution in [0.3, 0.4) is 0 Å². The average Bonchev–Trinajstić information content (AvgIpc) is 3.23. The van der Waals surface area contributed by atoms with Gasteiger partial charge in [0.15, 0.2) is 11.5 Å². The summed E-state index contributed by atoms with van der Waals surface area (Å²) in [5.74, 6) is 1.05. The van der Waals surface area contributed by atoms with E-state index in [2.05, 4.69) is 5.32 Å². The van der Waals surface area contributed by atoms with Crippen LogP contribution in [0.4, 0.5) is 5.69 Å². The van der Waals surface area contributed by atoms with Crippen molar-refractivity contribution in [2.75, 3.05) is 31.9 Å². The van der Waals surface area contributed by atoms with E-state index in [0.29, 0.717) is 34.9 Å². The molecule has 2 N–H and O–H groups in total. The minimum absolute atomic E-state index is 0.0424. The van der Waals surface area contributed by atoms with Crippen LogP contribution in [0.2, 0.25) is 0 Å². The molecule has 2 aliphatic heterocycles. The topological polar surface area (TPSA) is 97.3 Å². The smallest absolute Gasteiger partial charge is 0.255 e. The van der Waals surface area contributed by atoms with Gasteiger partial charge in [0, 0.05) is 17.8 Å². The van der Waals surface area contributed by atoms with Crippen molar-refractivity contribution in [2.45, 2.75) is 26.0 Å². The number of benzene rings is 2. The molecule has 31 heavy (non-hydrogen) atoms. The zero-order valence-corrected chi connectivity index (χ0v) is 17.5. The van der Waals surface area contributed by atoms with E-state index in [1.807, 2.05) is 13.8 Å². The predicted octanol–water partition coefficient (Wildman–Crippen LogP) is 2.58. The average molecular weight is 426 g/mol. The molecule has 1 fully saturated rings. The molecule has 0 spiro atoms. The molecule has 2 aliphatic rings. The van der Waals surface area contributed by atoms with Crippen LogP contribution in [-0.4, -0.2) is 54.4 Å². The minimum atomic E-state index is -0.887. The molecule has 2 unspecified atom stereocenters. The number of carbonyl (C=O) groups is 2. The van der Waals surface area contributed by atoms with E-state index in [0.717, 1.165) is 0 Å². The van der Waals surface area contributed by atoms with Crippen LogP contribution < -0.4 is 14.8 Å². The maximum absolute atomic E-state index is 12.5. The second kappa shape index (κ2) is 8.95. The van der Waals surface area contributed by atoms with Crippen molar-refractivity contribution in [1.29, 1.82) is 0 Å². The number of hydrogen-bond donors (Lipinski definition) is 2. The van der Waals surface area contributed by atoms with Crippen molar-refractivity contribution < 1.29 is 28.9 Å². The van der Waals surface area contributed by atoms with Gasteiger partial charge in [0.2, 0.25) is 12.7 Å². The summed E-state index contributed by atoms with van der Waals surface area (Å²) in [6, 6.07) is 11.5. The van der Waals surface area contributed by atoms with Crippen molar-refractivity contribution in [3.63, 3.8) is 0 Å². The van der Waals surface area contributed by atoms with Crippen LogP contribution >= 0.6 is 0 Å². The lowest BCUT2D eigenvalue weighted by molar-refractivity contribution is -0.155. The van der Waals surface area contributed by atoms with Gasteiger partial charge in [-0.15, -0.1) is 0 Å². The van der Waals surface area contributed by atoms with Crippen LogP contribution in [0.1, 0.15) is 35.9 Å². The maximum Gasteiger partial charge on any atom is 0.255 e. The van der Waals surface area contributed by atoms with E-state index in [4.69, 9.17) is 14.2 Å². The molecule has 1 saturated heterocycles. The third-order valence-electron chi connectivity index (χ3n) is 5.31. The molecule has 164 valence electrons. The van der Waals surface area contributed by atoms with E-state index in [1.54, 1.807) is 47.4 Å². The number of amides is 2. The lowest BCUT2D eigenvalue weighted by Gasteiger charge is -2.39. The quantitative estimate of drug-likeness (QED) is 0.737. The Morgan fingerprint density at radius 1 is 1.16 bits per heavy atom. The molecule has 2 aromatic carbocycles. The number of nitrogens with zero attached hydrogens (tertiary/aromatic N) is 1. The SMILES string of the molecule is CC(C)CN1C(=O)COCC1C(O)c1ccc(NC(=O)c2ccc3c(c2)OCO3)cc1. The van der Waals surface area contributed by atoms with Gasteiger partial charge in [-0.05, 0) is 41.8 Å². The normalized spacial score (nSPS) is 18.9. The van der Waals surface area contributed by atoms with E-state index in [-0.39, 0.29) is 37.7 Å². The molecular formula is C23H26N2O6. The fourth-order valence-electron chi connectivity index (χ4n) is 3.74. The van der Waals surface area contributed by atoms with Crippen LogP contribution in [0.15, 0.2) is 42.5 Å². The number of aliphatic hydroxyl groups is 1. The first kappa shape index (κ1) is 21.1. The van der Waals surface area contributed by atoms with Crippen molar-refractivity contribution in [3.05, 3.63) is 53.6 Å². The summed E-state index contributed by atoms with van der Waals surface area (Å²) in [6.07, 6.45) is -0.887. The third kappa shape index (κ3) is 4.65. The molecule has 0 bridgehead atoms. The second-order valence-electron chi connectivity index (χ2n) is 8.11. The Hall–Kier alpha value is -3.10. The lowest BCUT2D eigenvalue weighted by Crippen LogP contribution is -2.53. The Morgan fingerprint density at radius 3 is 2.65 bits per heavy atom. The van der Waals surface area contributed by atoms with Gasteiger partial charge in [-0.2, -0.15) is 0 Å². The van der Waals surface area contributed by atoms with Gasteiger partial charge < -0.3 is 29.5 Å². The molecule has 8 heteroatoms. The molecule has 2 amide bonds. The number of hydrogen-bond acceptors (Lipinski definition) is 6. The summed E-state index contributed by atoms with van der Waals surface area (Å²) in [7, 11) is 0. The largest absolute Gasteiger partial charge is 0.454 e. The first-order chi connectivity index (χ1) is 14.9. The first-order valence-corrected chi connectivity index (χ1v) is 10.3. The highest BCUT2D eigenvalue weighted by molar-refractivity contribution is 6.04. The summed E-state index contributed by atoms with van der Waals surface area (Å²) >= 11 is 0. The number of morpholine rings is 1. The lowest BCUT2D eigenvalue weighted by atomic mass is 9.99. The molecule has 0 radical (unpaired) electrons. The highest BCUT2D eigenvalue weighted by Crippen LogP contribution is 2.33. The molecule has 2 aromatic rings. The standard InChI is InChI=1S/C23H26N2O6/c1-14(2)10-25-18(11-29-12-21(25)26)22(27)15-3-6-17(7-4-15)24-23(28)16-5-8-19-20(9-16)31-13-30-19/h3-9,14,18,22,27H,10-13H2,1-2H3,(H,24,28). The van der Waals surface area contributed by atoms with E-state index in [9.17, 15) is 14.7 Å². The molecular weight excluding hydrogens is 400 g/mol. The van der Waals surface area contributed by atoms with E-state index < -0.39 is 12.1 Å². The fraction of sp³-hybridized carbons (Fsp3) is 0.391. The summed E-state index contributed by atoms with van der Waals surface area (Å²) in [4.78, 5) is 26.5. The number of aliphatic hydroxyl groups excluding tert-OH is 1. The van der Waals surface area contributed by atoms with Crippen LogP contribution in [-0.2, 0) is 9.53 Å². The number of carbonyl (C=O) groups excluding carboxylic acids is 2. The number of rotatable bonds is 6. The molecule has 2 heterocycles. The highest BCUT2D eigenvalue weighted by atomic mass is 16.7. The maximum atomic E-state index is 12.5. The van der Waals surface area contributed by atoms with Gasteiger partial charge in [-0.25, -0.2) is 0 Å². The Labute approximate surface area is 180 Å². The van der Waals surface area contributed by atoms with Gasteiger partial charge in [0.05, 0.1) is 12.6 Å². The van der Waals surface area contributed by atoms with Crippen molar-refractivity contribution in [1.82, 2.24) is 4.90 Å². The van der Waals surface area contributed by atoms with Crippen molar-refractivity contribution >= 4 is 17.5 Å².